The monoisotopic (exact) mass is 256 g/mol. The summed E-state index contributed by atoms with van der Waals surface area (Å²) < 4.78 is 8.97. The van der Waals surface area contributed by atoms with Gasteiger partial charge >= 0.3 is 6.09 Å². The molecule has 0 bridgehead atoms. The molecule has 5 nitrogen and oxygen atoms in total. The van der Waals surface area contributed by atoms with Gasteiger partial charge in [-0.15, -0.1) is 0 Å². The SMILES string of the molecule is C[C@@H](NC(=O)OC(C)(C)C)C(=O)c1ccsn1. The van der Waals surface area contributed by atoms with E-state index in [2.05, 4.69) is 9.69 Å². The molecule has 1 aromatic rings. The van der Waals surface area contributed by atoms with Crippen molar-refractivity contribution in [2.75, 3.05) is 0 Å². The van der Waals surface area contributed by atoms with Gasteiger partial charge in [0.25, 0.3) is 0 Å². The molecule has 1 atom stereocenters. The Labute approximate surface area is 104 Å². The summed E-state index contributed by atoms with van der Waals surface area (Å²) in [6.07, 6.45) is -0.603. The van der Waals surface area contributed by atoms with Crippen molar-refractivity contribution >= 4 is 23.4 Å². The van der Waals surface area contributed by atoms with Crippen LogP contribution in [0, 0.1) is 0 Å². The molecule has 1 heterocycles. The van der Waals surface area contributed by atoms with E-state index < -0.39 is 17.7 Å². The summed E-state index contributed by atoms with van der Waals surface area (Å²) in [5, 5.41) is 4.19. The first-order chi connectivity index (χ1) is 7.79. The molecule has 0 aliphatic rings. The fraction of sp³-hybridized carbons (Fsp3) is 0.545. The second-order valence-electron chi connectivity index (χ2n) is 4.62. The summed E-state index contributed by atoms with van der Waals surface area (Å²) in [5.74, 6) is -0.225. The molecular weight excluding hydrogens is 240 g/mol. The average molecular weight is 256 g/mol. The van der Waals surface area contributed by atoms with Crippen LogP contribution in [0.2, 0.25) is 0 Å². The fourth-order valence-corrected chi connectivity index (χ4v) is 1.63. The molecule has 1 N–H and O–H groups in total. The summed E-state index contributed by atoms with van der Waals surface area (Å²) in [6.45, 7) is 6.89. The molecule has 17 heavy (non-hydrogen) atoms. The number of alkyl carbamates (subject to hydrolysis) is 1. The van der Waals surface area contributed by atoms with E-state index in [0.717, 1.165) is 0 Å². The molecule has 0 aliphatic carbocycles. The van der Waals surface area contributed by atoms with Gasteiger partial charge in [0, 0.05) is 5.38 Å². The van der Waals surface area contributed by atoms with Gasteiger partial charge in [0.05, 0.1) is 6.04 Å². The molecule has 0 saturated heterocycles. The van der Waals surface area contributed by atoms with Crippen molar-refractivity contribution in [3.63, 3.8) is 0 Å². The molecule has 0 radical (unpaired) electrons. The molecule has 1 rings (SSSR count). The van der Waals surface area contributed by atoms with Gasteiger partial charge in [-0.3, -0.25) is 4.79 Å². The molecule has 6 heteroatoms. The zero-order valence-corrected chi connectivity index (χ0v) is 11.1. The Hall–Kier alpha value is -1.43. The smallest absolute Gasteiger partial charge is 0.408 e. The maximum absolute atomic E-state index is 11.8. The molecule has 0 aromatic carbocycles. The van der Waals surface area contributed by atoms with Gasteiger partial charge in [-0.2, -0.15) is 4.37 Å². The molecule has 0 unspecified atom stereocenters. The third-order valence-electron chi connectivity index (χ3n) is 1.82. The molecule has 0 aliphatic heterocycles. The van der Waals surface area contributed by atoms with Crippen LogP contribution in [0.5, 0.6) is 0 Å². The van der Waals surface area contributed by atoms with Crippen LogP contribution < -0.4 is 5.32 Å². The number of aromatic nitrogens is 1. The summed E-state index contributed by atoms with van der Waals surface area (Å²) in [7, 11) is 0. The molecule has 0 saturated carbocycles. The Morgan fingerprint density at radius 3 is 2.59 bits per heavy atom. The zero-order valence-electron chi connectivity index (χ0n) is 10.3. The summed E-state index contributed by atoms with van der Waals surface area (Å²) in [4.78, 5) is 23.2. The third kappa shape index (κ3) is 4.52. The highest BCUT2D eigenvalue weighted by molar-refractivity contribution is 7.03. The first-order valence-corrected chi connectivity index (χ1v) is 6.07. The fourth-order valence-electron chi connectivity index (χ4n) is 1.11. The number of hydrogen-bond donors (Lipinski definition) is 1. The standard InChI is InChI=1S/C11H16N2O3S/c1-7(9(14)8-5-6-17-13-8)12-10(15)16-11(2,3)4/h5-7H,1-4H3,(H,12,15)/t7-/m1/s1. The number of ketones is 1. The number of Topliss-reactive ketones (excluding diaryl/α,β-unsaturated/α-hetero) is 1. The second kappa shape index (κ2) is 5.27. The van der Waals surface area contributed by atoms with Crippen molar-refractivity contribution in [2.24, 2.45) is 0 Å². The van der Waals surface area contributed by atoms with Gasteiger partial charge in [-0.1, -0.05) is 0 Å². The number of ether oxygens (including phenoxy) is 1. The van der Waals surface area contributed by atoms with Crippen molar-refractivity contribution in [3.8, 4) is 0 Å². The highest BCUT2D eigenvalue weighted by atomic mass is 32.1. The third-order valence-corrected chi connectivity index (χ3v) is 2.38. The minimum absolute atomic E-state index is 0.225. The van der Waals surface area contributed by atoms with E-state index in [0.29, 0.717) is 5.69 Å². The lowest BCUT2D eigenvalue weighted by atomic mass is 10.1. The molecule has 0 fully saturated rings. The van der Waals surface area contributed by atoms with Gasteiger partial charge in [0.15, 0.2) is 0 Å². The Morgan fingerprint density at radius 1 is 1.47 bits per heavy atom. The van der Waals surface area contributed by atoms with Crippen molar-refractivity contribution < 1.29 is 14.3 Å². The van der Waals surface area contributed by atoms with Crippen LogP contribution in [0.4, 0.5) is 4.79 Å². The predicted octanol–water partition coefficient (Wildman–Crippen LogP) is 2.24. The summed E-state index contributed by atoms with van der Waals surface area (Å²) in [6, 6.07) is 0.979. The van der Waals surface area contributed by atoms with Gasteiger partial charge in [-0.25, -0.2) is 4.79 Å². The first-order valence-electron chi connectivity index (χ1n) is 5.24. The lowest BCUT2D eigenvalue weighted by Crippen LogP contribution is -2.41. The van der Waals surface area contributed by atoms with E-state index in [1.807, 2.05) is 0 Å². The predicted molar refractivity (Wildman–Crippen MR) is 65.3 cm³/mol. The highest BCUT2D eigenvalue weighted by Crippen LogP contribution is 2.08. The number of nitrogens with one attached hydrogen (secondary N) is 1. The maximum Gasteiger partial charge on any atom is 0.408 e. The topological polar surface area (TPSA) is 68.3 Å². The van der Waals surface area contributed by atoms with Crippen LogP contribution in [0.1, 0.15) is 38.2 Å². The Morgan fingerprint density at radius 2 is 2.12 bits per heavy atom. The van der Waals surface area contributed by atoms with E-state index >= 15 is 0 Å². The van der Waals surface area contributed by atoms with E-state index in [1.165, 1.54) is 11.5 Å². The Balaban J connectivity index is 2.52. The number of nitrogens with zero attached hydrogens (tertiary/aromatic N) is 1. The van der Waals surface area contributed by atoms with E-state index in [9.17, 15) is 9.59 Å². The lowest BCUT2D eigenvalue weighted by Gasteiger charge is -2.21. The number of amides is 1. The van der Waals surface area contributed by atoms with E-state index in [4.69, 9.17) is 4.74 Å². The van der Waals surface area contributed by atoms with Crippen LogP contribution in [0.3, 0.4) is 0 Å². The Kier molecular flexibility index (Phi) is 4.22. The van der Waals surface area contributed by atoms with Crippen LogP contribution in [-0.2, 0) is 4.74 Å². The van der Waals surface area contributed by atoms with E-state index in [-0.39, 0.29) is 5.78 Å². The molecule has 0 spiro atoms. The van der Waals surface area contributed by atoms with Crippen molar-refractivity contribution in [2.45, 2.75) is 39.3 Å². The minimum Gasteiger partial charge on any atom is -0.444 e. The van der Waals surface area contributed by atoms with Crippen LogP contribution in [-0.4, -0.2) is 27.9 Å². The van der Waals surface area contributed by atoms with Gasteiger partial charge < -0.3 is 10.1 Å². The first kappa shape index (κ1) is 13.6. The molecule has 1 aromatic heterocycles. The number of carbonyl (C=O) groups is 2. The van der Waals surface area contributed by atoms with Gasteiger partial charge in [-0.05, 0) is 45.3 Å². The van der Waals surface area contributed by atoms with Crippen LogP contribution in [0.25, 0.3) is 0 Å². The second-order valence-corrected chi connectivity index (χ2v) is 5.28. The number of rotatable bonds is 3. The van der Waals surface area contributed by atoms with Crippen molar-refractivity contribution in [1.29, 1.82) is 0 Å². The summed E-state index contributed by atoms with van der Waals surface area (Å²) >= 11 is 1.20. The van der Waals surface area contributed by atoms with Crippen molar-refractivity contribution in [1.82, 2.24) is 9.69 Å². The lowest BCUT2D eigenvalue weighted by molar-refractivity contribution is 0.0496. The number of carbonyl (C=O) groups excluding carboxylic acids is 2. The molecular formula is C11H16N2O3S. The van der Waals surface area contributed by atoms with Gasteiger partial charge in [0.2, 0.25) is 5.78 Å². The highest BCUT2D eigenvalue weighted by Gasteiger charge is 2.22. The van der Waals surface area contributed by atoms with Gasteiger partial charge in [0.1, 0.15) is 11.3 Å². The largest absolute Gasteiger partial charge is 0.444 e. The van der Waals surface area contributed by atoms with E-state index in [1.54, 1.807) is 39.1 Å². The average Bonchev–Trinajstić information content (AvgIpc) is 2.65. The summed E-state index contributed by atoms with van der Waals surface area (Å²) in [5.41, 5.74) is -0.216. The Bertz CT molecular complexity index is 395. The minimum atomic E-state index is -0.646. The molecule has 94 valence electrons. The quantitative estimate of drug-likeness (QED) is 0.842. The van der Waals surface area contributed by atoms with Crippen LogP contribution >= 0.6 is 11.5 Å². The normalized spacial score (nSPS) is 12.9. The van der Waals surface area contributed by atoms with Crippen molar-refractivity contribution in [3.05, 3.63) is 17.1 Å². The molecule has 1 amide bonds. The number of hydrogen-bond acceptors (Lipinski definition) is 5. The van der Waals surface area contributed by atoms with Crippen LogP contribution in [0.15, 0.2) is 11.4 Å². The zero-order chi connectivity index (χ0) is 13.1. The maximum atomic E-state index is 11.8.